The summed E-state index contributed by atoms with van der Waals surface area (Å²) in [6.45, 7) is 1.76. The standard InChI is InChI=1S/C32H25ClFN3O5S/c1-19-10-11-21(32(41)42)16-27(19)36-29(38)18-43-23-14-12-22(13-15-23)35-31(40)28(17-24-25(33)8-5-9-26(24)34)37-30(39)20-6-3-2-4-7-20/h2-17H,18H2,1H3,(H,35,40)(H,36,38)(H,37,39)(H,41,42)/b28-17-. The van der Waals surface area contributed by atoms with Crippen LogP contribution in [0.3, 0.4) is 0 Å². The summed E-state index contributed by atoms with van der Waals surface area (Å²) in [5, 5.41) is 17.2. The van der Waals surface area contributed by atoms with Crippen LogP contribution in [0.4, 0.5) is 15.8 Å². The number of aryl methyl sites for hydroxylation is 1. The molecule has 218 valence electrons. The number of aromatic carboxylic acids is 1. The second kappa shape index (κ2) is 14.3. The molecule has 0 radical (unpaired) electrons. The van der Waals surface area contributed by atoms with Crippen molar-refractivity contribution in [3.8, 4) is 0 Å². The second-order valence-electron chi connectivity index (χ2n) is 9.16. The molecule has 43 heavy (non-hydrogen) atoms. The molecule has 4 N–H and O–H groups in total. The number of nitrogens with one attached hydrogen (secondary N) is 3. The lowest BCUT2D eigenvalue weighted by atomic mass is 10.1. The lowest BCUT2D eigenvalue weighted by molar-refractivity contribution is -0.114. The fourth-order valence-corrected chi connectivity index (χ4v) is 4.71. The molecule has 0 fully saturated rings. The van der Waals surface area contributed by atoms with E-state index in [4.69, 9.17) is 11.6 Å². The molecule has 11 heteroatoms. The van der Waals surface area contributed by atoms with Gasteiger partial charge in [0, 0.05) is 27.4 Å². The molecular formula is C32H25ClFN3O5S. The SMILES string of the molecule is Cc1ccc(C(=O)O)cc1NC(=O)CSc1ccc(NC(=O)/C(=C/c2c(F)cccc2Cl)NC(=O)c2ccccc2)cc1. The fourth-order valence-electron chi connectivity index (χ4n) is 3.79. The number of halogens is 2. The van der Waals surface area contributed by atoms with Gasteiger partial charge < -0.3 is 21.1 Å². The molecule has 0 unspecified atom stereocenters. The Labute approximate surface area is 256 Å². The second-order valence-corrected chi connectivity index (χ2v) is 10.6. The van der Waals surface area contributed by atoms with Crippen molar-refractivity contribution >= 4 is 64.5 Å². The Bertz CT molecular complexity index is 1690. The van der Waals surface area contributed by atoms with Crippen LogP contribution in [0, 0.1) is 12.7 Å². The van der Waals surface area contributed by atoms with E-state index in [9.17, 15) is 28.7 Å². The van der Waals surface area contributed by atoms with Crippen molar-refractivity contribution in [2.45, 2.75) is 11.8 Å². The zero-order chi connectivity index (χ0) is 30.9. The van der Waals surface area contributed by atoms with Crippen LogP contribution in [-0.4, -0.2) is 34.6 Å². The summed E-state index contributed by atoms with van der Waals surface area (Å²) in [7, 11) is 0. The van der Waals surface area contributed by atoms with Gasteiger partial charge in [-0.05, 0) is 79.2 Å². The van der Waals surface area contributed by atoms with E-state index in [1.54, 1.807) is 67.6 Å². The van der Waals surface area contributed by atoms with Gasteiger partial charge in [-0.1, -0.05) is 41.9 Å². The summed E-state index contributed by atoms with van der Waals surface area (Å²) < 4.78 is 14.5. The van der Waals surface area contributed by atoms with Crippen LogP contribution in [0.1, 0.15) is 31.8 Å². The molecule has 8 nitrogen and oxygen atoms in total. The zero-order valence-electron chi connectivity index (χ0n) is 22.7. The molecule has 0 aliphatic carbocycles. The van der Waals surface area contributed by atoms with E-state index in [2.05, 4.69) is 16.0 Å². The molecule has 0 aromatic heterocycles. The van der Waals surface area contributed by atoms with Gasteiger partial charge in [0.25, 0.3) is 11.8 Å². The van der Waals surface area contributed by atoms with E-state index < -0.39 is 23.6 Å². The Hall–Kier alpha value is -4.93. The molecule has 0 aliphatic heterocycles. The topological polar surface area (TPSA) is 125 Å². The number of benzene rings is 4. The first-order valence-electron chi connectivity index (χ1n) is 12.8. The monoisotopic (exact) mass is 617 g/mol. The van der Waals surface area contributed by atoms with Gasteiger partial charge in [-0.25, -0.2) is 9.18 Å². The molecule has 0 bridgehead atoms. The van der Waals surface area contributed by atoms with E-state index >= 15 is 0 Å². The Morgan fingerprint density at radius 2 is 1.60 bits per heavy atom. The highest BCUT2D eigenvalue weighted by atomic mass is 35.5. The molecule has 0 saturated carbocycles. The van der Waals surface area contributed by atoms with Crippen LogP contribution in [0.15, 0.2) is 102 Å². The van der Waals surface area contributed by atoms with Gasteiger partial charge in [0.05, 0.1) is 16.3 Å². The van der Waals surface area contributed by atoms with E-state index in [-0.39, 0.29) is 33.5 Å². The van der Waals surface area contributed by atoms with Crippen molar-refractivity contribution < 1.29 is 28.7 Å². The first-order valence-corrected chi connectivity index (χ1v) is 14.2. The molecule has 0 heterocycles. The van der Waals surface area contributed by atoms with Gasteiger partial charge in [0.2, 0.25) is 5.91 Å². The maximum atomic E-state index is 14.5. The summed E-state index contributed by atoms with van der Waals surface area (Å²) in [5.41, 5.74) is 1.63. The molecular weight excluding hydrogens is 593 g/mol. The number of amides is 3. The molecule has 3 amide bonds. The third-order valence-electron chi connectivity index (χ3n) is 6.06. The summed E-state index contributed by atoms with van der Waals surface area (Å²) in [6.07, 6.45) is 1.17. The Balaban J connectivity index is 1.43. The minimum Gasteiger partial charge on any atom is -0.478 e. The number of hydrogen-bond acceptors (Lipinski definition) is 5. The number of carbonyl (C=O) groups excluding carboxylic acids is 3. The van der Waals surface area contributed by atoms with Crippen molar-refractivity contribution in [1.29, 1.82) is 0 Å². The molecule has 0 spiro atoms. The Kier molecular flexibility index (Phi) is 10.3. The van der Waals surface area contributed by atoms with Gasteiger partial charge in [-0.15, -0.1) is 11.8 Å². The Morgan fingerprint density at radius 1 is 0.884 bits per heavy atom. The van der Waals surface area contributed by atoms with E-state index in [1.165, 1.54) is 48.2 Å². The molecule has 4 aromatic carbocycles. The van der Waals surface area contributed by atoms with E-state index in [1.807, 2.05) is 0 Å². The lowest BCUT2D eigenvalue weighted by Crippen LogP contribution is -2.30. The van der Waals surface area contributed by atoms with Gasteiger partial charge >= 0.3 is 5.97 Å². The predicted molar refractivity (Wildman–Crippen MR) is 166 cm³/mol. The predicted octanol–water partition coefficient (Wildman–Crippen LogP) is 6.63. The molecule has 0 aliphatic rings. The maximum absolute atomic E-state index is 14.5. The van der Waals surface area contributed by atoms with E-state index in [0.29, 0.717) is 16.9 Å². The van der Waals surface area contributed by atoms with Gasteiger partial charge in [0.15, 0.2) is 0 Å². The average Bonchev–Trinajstić information content (AvgIpc) is 2.99. The number of anilines is 2. The Morgan fingerprint density at radius 3 is 2.28 bits per heavy atom. The van der Waals surface area contributed by atoms with Crippen LogP contribution in [0.25, 0.3) is 6.08 Å². The maximum Gasteiger partial charge on any atom is 0.335 e. The molecule has 4 aromatic rings. The average molecular weight is 618 g/mol. The highest BCUT2D eigenvalue weighted by Crippen LogP contribution is 2.24. The van der Waals surface area contributed by atoms with Crippen LogP contribution >= 0.6 is 23.4 Å². The first-order chi connectivity index (χ1) is 20.6. The zero-order valence-corrected chi connectivity index (χ0v) is 24.3. The van der Waals surface area contributed by atoms with Crippen molar-refractivity contribution in [2.75, 3.05) is 16.4 Å². The van der Waals surface area contributed by atoms with Crippen molar-refractivity contribution in [1.82, 2.24) is 5.32 Å². The number of thioether (sulfide) groups is 1. The van der Waals surface area contributed by atoms with E-state index in [0.717, 1.165) is 10.5 Å². The number of hydrogen-bond donors (Lipinski definition) is 4. The fraction of sp³-hybridized carbons (Fsp3) is 0.0625. The number of rotatable bonds is 10. The van der Waals surface area contributed by atoms with Crippen LogP contribution in [-0.2, 0) is 9.59 Å². The number of carboxylic acid groups (broad SMARTS) is 1. The third-order valence-corrected chi connectivity index (χ3v) is 7.40. The third kappa shape index (κ3) is 8.54. The quantitative estimate of drug-likeness (QED) is 0.117. The summed E-state index contributed by atoms with van der Waals surface area (Å²) in [5.74, 6) is -3.28. The van der Waals surface area contributed by atoms with Crippen molar-refractivity contribution in [2.24, 2.45) is 0 Å². The van der Waals surface area contributed by atoms with Crippen molar-refractivity contribution in [3.05, 3.63) is 130 Å². The molecule has 0 saturated heterocycles. The van der Waals surface area contributed by atoms with Gasteiger partial charge in [-0.2, -0.15) is 0 Å². The summed E-state index contributed by atoms with van der Waals surface area (Å²) in [4.78, 5) is 50.5. The van der Waals surface area contributed by atoms with Gasteiger partial charge in [-0.3, -0.25) is 14.4 Å². The van der Waals surface area contributed by atoms with Crippen molar-refractivity contribution in [3.63, 3.8) is 0 Å². The van der Waals surface area contributed by atoms with Crippen LogP contribution in [0.5, 0.6) is 0 Å². The number of carboxylic acids is 1. The minimum atomic E-state index is -1.09. The smallest absolute Gasteiger partial charge is 0.335 e. The largest absolute Gasteiger partial charge is 0.478 e. The van der Waals surface area contributed by atoms with Crippen LogP contribution < -0.4 is 16.0 Å². The highest BCUT2D eigenvalue weighted by Gasteiger charge is 2.17. The normalized spacial score (nSPS) is 11.0. The lowest BCUT2D eigenvalue weighted by Gasteiger charge is -2.12. The highest BCUT2D eigenvalue weighted by molar-refractivity contribution is 8.00. The summed E-state index contributed by atoms with van der Waals surface area (Å²) >= 11 is 7.39. The minimum absolute atomic E-state index is 0.0578. The first kappa shape index (κ1) is 31.0. The molecule has 0 atom stereocenters. The molecule has 4 rings (SSSR count). The number of carbonyl (C=O) groups is 4. The van der Waals surface area contributed by atoms with Gasteiger partial charge in [0.1, 0.15) is 11.5 Å². The van der Waals surface area contributed by atoms with Crippen LogP contribution in [0.2, 0.25) is 5.02 Å². The summed E-state index contributed by atoms with van der Waals surface area (Å²) in [6, 6.07) is 23.5.